The zero-order valence-corrected chi connectivity index (χ0v) is 12.5. The second kappa shape index (κ2) is 4.70. The van der Waals surface area contributed by atoms with Crippen molar-refractivity contribution in [1.29, 1.82) is 0 Å². The van der Waals surface area contributed by atoms with Crippen molar-refractivity contribution in [3.63, 3.8) is 0 Å². The molecule has 2 heterocycles. The minimum Gasteiger partial charge on any atom is -0.329 e. The van der Waals surface area contributed by atoms with Crippen LogP contribution in [-0.2, 0) is 0 Å². The number of halogens is 3. The quantitative estimate of drug-likeness (QED) is 0.643. The van der Waals surface area contributed by atoms with Gasteiger partial charge in [0.1, 0.15) is 5.82 Å². The lowest BCUT2D eigenvalue weighted by molar-refractivity contribution is 0.626. The number of benzene rings is 1. The van der Waals surface area contributed by atoms with E-state index in [0.29, 0.717) is 21.1 Å². The highest BCUT2D eigenvalue weighted by molar-refractivity contribution is 9.10. The summed E-state index contributed by atoms with van der Waals surface area (Å²) in [5, 5.41) is 0.406. The number of aromatic amines is 1. The SMILES string of the molecule is Fc1ccc(Cl)c(-n2c(=S)[nH]c3cc(Br)cnc32)c1. The van der Waals surface area contributed by atoms with E-state index in [2.05, 4.69) is 25.9 Å². The normalized spacial score (nSPS) is 11.1. The van der Waals surface area contributed by atoms with Crippen molar-refractivity contribution < 1.29 is 4.39 Å². The molecule has 0 saturated heterocycles. The number of pyridine rings is 1. The largest absolute Gasteiger partial charge is 0.329 e. The van der Waals surface area contributed by atoms with E-state index in [1.54, 1.807) is 10.8 Å². The molecular formula is C12H6BrClFN3S. The van der Waals surface area contributed by atoms with Crippen LogP contribution in [0.25, 0.3) is 16.9 Å². The number of nitrogens with zero attached hydrogens (tertiary/aromatic N) is 2. The van der Waals surface area contributed by atoms with E-state index in [1.807, 2.05) is 6.07 Å². The maximum Gasteiger partial charge on any atom is 0.184 e. The third kappa shape index (κ3) is 2.20. The number of nitrogens with one attached hydrogen (secondary N) is 1. The maximum absolute atomic E-state index is 13.4. The van der Waals surface area contributed by atoms with Crippen LogP contribution in [0, 0.1) is 10.6 Å². The van der Waals surface area contributed by atoms with Crippen molar-refractivity contribution in [3.8, 4) is 5.69 Å². The Labute approximate surface area is 126 Å². The molecule has 0 radical (unpaired) electrons. The summed E-state index contributed by atoms with van der Waals surface area (Å²) in [6, 6.07) is 5.97. The lowest BCUT2D eigenvalue weighted by Gasteiger charge is -2.06. The standard InChI is InChI=1S/C12H6BrClFN3S/c13-6-3-9-11(16-5-6)18(12(19)17-9)10-4-7(15)1-2-8(10)14/h1-5H,(H,17,19). The molecule has 1 N–H and O–H groups in total. The number of imidazole rings is 1. The predicted octanol–water partition coefficient (Wildman–Crippen LogP) is 4.64. The molecule has 3 nitrogen and oxygen atoms in total. The first-order chi connectivity index (χ1) is 9.06. The van der Waals surface area contributed by atoms with E-state index >= 15 is 0 Å². The average Bonchev–Trinajstić information content (AvgIpc) is 2.67. The van der Waals surface area contributed by atoms with Crippen molar-refractivity contribution in [1.82, 2.24) is 14.5 Å². The van der Waals surface area contributed by atoms with Gasteiger partial charge in [0, 0.05) is 10.7 Å². The van der Waals surface area contributed by atoms with E-state index < -0.39 is 0 Å². The van der Waals surface area contributed by atoms with Crippen molar-refractivity contribution in [2.75, 3.05) is 0 Å². The lowest BCUT2D eigenvalue weighted by Crippen LogP contribution is -1.97. The molecule has 1 aromatic carbocycles. The molecule has 0 aliphatic carbocycles. The Kier molecular flexibility index (Phi) is 3.16. The van der Waals surface area contributed by atoms with Gasteiger partial charge in [0.25, 0.3) is 0 Å². The monoisotopic (exact) mass is 357 g/mol. The van der Waals surface area contributed by atoms with Crippen molar-refractivity contribution in [2.45, 2.75) is 0 Å². The van der Waals surface area contributed by atoms with Crippen LogP contribution >= 0.6 is 39.7 Å². The van der Waals surface area contributed by atoms with E-state index in [1.165, 1.54) is 18.2 Å². The molecule has 0 spiro atoms. The molecule has 0 atom stereocenters. The zero-order valence-electron chi connectivity index (χ0n) is 9.32. The minimum absolute atomic E-state index is 0.382. The Balaban J connectivity index is 2.39. The number of aromatic nitrogens is 3. The van der Waals surface area contributed by atoms with Crippen molar-refractivity contribution in [2.24, 2.45) is 0 Å². The molecule has 3 rings (SSSR count). The molecule has 0 amide bonds. The van der Waals surface area contributed by atoms with Gasteiger partial charge >= 0.3 is 0 Å². The third-order valence-corrected chi connectivity index (χ3v) is 3.68. The molecule has 7 heteroatoms. The fourth-order valence-electron chi connectivity index (χ4n) is 1.85. The summed E-state index contributed by atoms with van der Waals surface area (Å²) in [6.45, 7) is 0. The molecule has 0 aliphatic heterocycles. The summed E-state index contributed by atoms with van der Waals surface area (Å²) in [4.78, 5) is 7.30. The number of hydrogen-bond donors (Lipinski definition) is 1. The van der Waals surface area contributed by atoms with E-state index in [-0.39, 0.29) is 5.82 Å². The maximum atomic E-state index is 13.4. The summed E-state index contributed by atoms with van der Waals surface area (Å²) in [6.07, 6.45) is 1.65. The third-order valence-electron chi connectivity index (χ3n) is 2.64. The van der Waals surface area contributed by atoms with Gasteiger partial charge in [-0.05, 0) is 52.4 Å². The van der Waals surface area contributed by atoms with Crippen LogP contribution < -0.4 is 0 Å². The predicted molar refractivity (Wildman–Crippen MR) is 78.9 cm³/mol. The van der Waals surface area contributed by atoms with Crippen LogP contribution in [0.5, 0.6) is 0 Å². The Hall–Kier alpha value is -1.24. The molecule has 0 unspecified atom stereocenters. The molecule has 0 fully saturated rings. The van der Waals surface area contributed by atoms with Crippen LogP contribution in [0.1, 0.15) is 0 Å². The Morgan fingerprint density at radius 1 is 1.37 bits per heavy atom. The van der Waals surface area contributed by atoms with Crippen LogP contribution in [0.3, 0.4) is 0 Å². The summed E-state index contributed by atoms with van der Waals surface area (Å²) in [5.74, 6) is -0.382. The molecule has 0 saturated carbocycles. The Morgan fingerprint density at radius 2 is 2.16 bits per heavy atom. The highest BCUT2D eigenvalue weighted by Crippen LogP contribution is 2.26. The molecule has 2 aromatic heterocycles. The van der Waals surface area contributed by atoms with Gasteiger partial charge in [0.15, 0.2) is 10.4 Å². The van der Waals surface area contributed by atoms with E-state index in [4.69, 9.17) is 23.8 Å². The molecule has 0 aliphatic rings. The first-order valence-electron chi connectivity index (χ1n) is 5.28. The smallest absolute Gasteiger partial charge is 0.184 e. The van der Waals surface area contributed by atoms with E-state index in [9.17, 15) is 4.39 Å². The number of H-pyrrole nitrogens is 1. The molecule has 96 valence electrons. The van der Waals surface area contributed by atoms with Crippen LogP contribution in [0.4, 0.5) is 4.39 Å². The van der Waals surface area contributed by atoms with E-state index in [0.717, 1.165) is 9.99 Å². The first kappa shape index (κ1) is 12.8. The fourth-order valence-corrected chi connectivity index (χ4v) is 2.68. The lowest BCUT2D eigenvalue weighted by atomic mass is 10.3. The number of hydrogen-bond acceptors (Lipinski definition) is 2. The Morgan fingerprint density at radius 3 is 2.95 bits per heavy atom. The zero-order chi connectivity index (χ0) is 13.6. The molecule has 19 heavy (non-hydrogen) atoms. The van der Waals surface area contributed by atoms with Crippen LogP contribution in [-0.4, -0.2) is 14.5 Å². The number of rotatable bonds is 1. The van der Waals surface area contributed by atoms with Crippen LogP contribution in [0.15, 0.2) is 34.9 Å². The van der Waals surface area contributed by atoms with Gasteiger partial charge in [0.05, 0.1) is 16.2 Å². The second-order valence-electron chi connectivity index (χ2n) is 3.89. The first-order valence-corrected chi connectivity index (χ1v) is 6.86. The van der Waals surface area contributed by atoms with Gasteiger partial charge in [-0.15, -0.1) is 0 Å². The summed E-state index contributed by atoms with van der Waals surface area (Å²) < 4.78 is 16.2. The van der Waals surface area contributed by atoms with Gasteiger partial charge in [-0.25, -0.2) is 9.37 Å². The Bertz CT molecular complexity index is 843. The van der Waals surface area contributed by atoms with Gasteiger partial charge < -0.3 is 4.98 Å². The number of fused-ring (bicyclic) bond motifs is 1. The van der Waals surface area contributed by atoms with Crippen LogP contribution in [0.2, 0.25) is 5.02 Å². The van der Waals surface area contributed by atoms with Gasteiger partial charge in [0.2, 0.25) is 0 Å². The molecular weight excluding hydrogens is 353 g/mol. The summed E-state index contributed by atoms with van der Waals surface area (Å²) in [5.41, 5.74) is 1.81. The van der Waals surface area contributed by atoms with Gasteiger partial charge in [-0.3, -0.25) is 4.57 Å². The van der Waals surface area contributed by atoms with Crippen molar-refractivity contribution in [3.05, 3.63) is 50.5 Å². The van der Waals surface area contributed by atoms with Crippen molar-refractivity contribution >= 4 is 50.9 Å². The fraction of sp³-hybridized carbons (Fsp3) is 0. The average molecular weight is 359 g/mol. The molecule has 3 aromatic rings. The highest BCUT2D eigenvalue weighted by atomic mass is 79.9. The minimum atomic E-state index is -0.382. The molecule has 0 bridgehead atoms. The van der Waals surface area contributed by atoms with Gasteiger partial charge in [-0.2, -0.15) is 0 Å². The summed E-state index contributed by atoms with van der Waals surface area (Å²) in [7, 11) is 0. The second-order valence-corrected chi connectivity index (χ2v) is 5.60. The summed E-state index contributed by atoms with van der Waals surface area (Å²) >= 11 is 14.7. The highest BCUT2D eigenvalue weighted by Gasteiger charge is 2.12. The topological polar surface area (TPSA) is 33.6 Å². The van der Waals surface area contributed by atoms with Gasteiger partial charge in [-0.1, -0.05) is 11.6 Å².